The van der Waals surface area contributed by atoms with Crippen LogP contribution in [0.5, 0.6) is 0 Å². The molecule has 0 aromatic rings. The van der Waals surface area contributed by atoms with Gasteiger partial charge in [-0.15, -0.1) is 0 Å². The zero-order chi connectivity index (χ0) is 12.7. The van der Waals surface area contributed by atoms with E-state index in [9.17, 15) is 0 Å². The van der Waals surface area contributed by atoms with Gasteiger partial charge in [0.1, 0.15) is 0 Å². The van der Waals surface area contributed by atoms with E-state index < -0.39 is 0 Å². The van der Waals surface area contributed by atoms with Crippen LogP contribution in [-0.2, 0) is 0 Å². The van der Waals surface area contributed by atoms with Crippen molar-refractivity contribution in [2.24, 2.45) is 5.41 Å². The molecule has 0 aromatic heterocycles. The van der Waals surface area contributed by atoms with Crippen molar-refractivity contribution in [1.82, 2.24) is 4.90 Å². The van der Waals surface area contributed by atoms with Gasteiger partial charge in [-0.1, -0.05) is 32.6 Å². The molecule has 0 radical (unpaired) electrons. The van der Waals surface area contributed by atoms with Gasteiger partial charge >= 0.3 is 0 Å². The second kappa shape index (κ2) is 7.68. The van der Waals surface area contributed by atoms with E-state index in [1.165, 1.54) is 58.0 Å². The summed E-state index contributed by atoms with van der Waals surface area (Å²) in [5.41, 5.74) is 0.527. The Balaban J connectivity index is 2.46. The first-order valence-electron chi connectivity index (χ1n) is 7.48. The molecule has 0 bridgehead atoms. The summed E-state index contributed by atoms with van der Waals surface area (Å²) in [6.07, 6.45) is 9.68. The molecule has 0 amide bonds. The summed E-state index contributed by atoms with van der Waals surface area (Å²) in [7, 11) is 0. The Morgan fingerprint density at radius 3 is 2.29 bits per heavy atom. The molecular formula is C15H31NS. The first-order valence-corrected chi connectivity index (χ1v) is 8.12. The highest BCUT2D eigenvalue weighted by molar-refractivity contribution is 7.80. The van der Waals surface area contributed by atoms with Gasteiger partial charge in [0.2, 0.25) is 0 Å². The smallest absolute Gasteiger partial charge is 0.00485 e. The van der Waals surface area contributed by atoms with Crippen LogP contribution in [0, 0.1) is 5.41 Å². The zero-order valence-electron chi connectivity index (χ0n) is 12.0. The largest absolute Gasteiger partial charge is 0.300 e. The van der Waals surface area contributed by atoms with E-state index >= 15 is 0 Å². The number of thiol groups is 1. The third kappa shape index (κ3) is 4.82. The fraction of sp³-hybridized carbons (Fsp3) is 1.00. The van der Waals surface area contributed by atoms with Gasteiger partial charge in [0, 0.05) is 12.6 Å². The van der Waals surface area contributed by atoms with Crippen LogP contribution in [0.2, 0.25) is 0 Å². The van der Waals surface area contributed by atoms with Crippen LogP contribution in [0.1, 0.15) is 65.7 Å². The van der Waals surface area contributed by atoms with Crippen LogP contribution in [0.4, 0.5) is 0 Å². The van der Waals surface area contributed by atoms with E-state index in [-0.39, 0.29) is 0 Å². The highest BCUT2D eigenvalue weighted by Crippen LogP contribution is 2.40. The molecule has 0 spiro atoms. The minimum absolute atomic E-state index is 0.527. The van der Waals surface area contributed by atoms with Crippen molar-refractivity contribution in [3.8, 4) is 0 Å². The highest BCUT2D eigenvalue weighted by Gasteiger charge is 2.34. The van der Waals surface area contributed by atoms with Gasteiger partial charge in [-0.25, -0.2) is 0 Å². The summed E-state index contributed by atoms with van der Waals surface area (Å²) >= 11 is 4.63. The Bertz CT molecular complexity index is 197. The molecule has 1 fully saturated rings. The molecular weight excluding hydrogens is 226 g/mol. The second-order valence-corrected chi connectivity index (χ2v) is 6.45. The maximum atomic E-state index is 4.63. The lowest BCUT2D eigenvalue weighted by atomic mass is 9.87. The van der Waals surface area contributed by atoms with Gasteiger partial charge in [-0.3, -0.25) is 0 Å². The van der Waals surface area contributed by atoms with E-state index in [1.54, 1.807) is 0 Å². The van der Waals surface area contributed by atoms with Gasteiger partial charge < -0.3 is 4.90 Å². The molecule has 0 atom stereocenters. The third-order valence-corrected chi connectivity index (χ3v) is 4.99. The predicted molar refractivity (Wildman–Crippen MR) is 81.0 cm³/mol. The highest BCUT2D eigenvalue weighted by atomic mass is 32.1. The van der Waals surface area contributed by atoms with Crippen LogP contribution >= 0.6 is 12.6 Å². The molecule has 0 aliphatic heterocycles. The molecule has 0 heterocycles. The first-order chi connectivity index (χ1) is 8.13. The molecule has 1 nitrogen and oxygen atoms in total. The van der Waals surface area contributed by atoms with Crippen LogP contribution in [-0.4, -0.2) is 29.8 Å². The van der Waals surface area contributed by atoms with Crippen molar-refractivity contribution in [2.75, 3.05) is 18.8 Å². The van der Waals surface area contributed by atoms with Gasteiger partial charge in [0.15, 0.2) is 0 Å². The van der Waals surface area contributed by atoms with Crippen LogP contribution < -0.4 is 0 Å². The second-order valence-electron chi connectivity index (χ2n) is 6.14. The summed E-state index contributed by atoms with van der Waals surface area (Å²) in [5.74, 6) is 1.07. The lowest BCUT2D eigenvalue weighted by Gasteiger charge is -2.36. The molecule has 2 heteroatoms. The number of rotatable bonds is 8. The number of hydrogen-bond donors (Lipinski definition) is 1. The SMILES string of the molecule is CCCCCN(CC1(CS)CCCC1)C(C)C. The van der Waals surface area contributed by atoms with Crippen LogP contribution in [0.15, 0.2) is 0 Å². The van der Waals surface area contributed by atoms with E-state index in [4.69, 9.17) is 0 Å². The molecule has 0 saturated heterocycles. The van der Waals surface area contributed by atoms with Crippen molar-refractivity contribution >= 4 is 12.6 Å². The van der Waals surface area contributed by atoms with Crippen LogP contribution in [0.3, 0.4) is 0 Å². The minimum atomic E-state index is 0.527. The average molecular weight is 257 g/mol. The molecule has 1 aliphatic carbocycles. The predicted octanol–water partition coefficient (Wildman–Crippen LogP) is 4.38. The number of nitrogens with zero attached hydrogens (tertiary/aromatic N) is 1. The van der Waals surface area contributed by atoms with Crippen molar-refractivity contribution in [2.45, 2.75) is 71.8 Å². The molecule has 1 aliphatic rings. The Hall–Kier alpha value is 0.310. The monoisotopic (exact) mass is 257 g/mol. The molecule has 0 unspecified atom stereocenters. The molecule has 102 valence electrons. The lowest BCUT2D eigenvalue weighted by molar-refractivity contribution is 0.137. The minimum Gasteiger partial charge on any atom is -0.300 e. The summed E-state index contributed by atoms with van der Waals surface area (Å²) in [4.78, 5) is 2.69. The van der Waals surface area contributed by atoms with Gasteiger partial charge in [0.05, 0.1) is 0 Å². The van der Waals surface area contributed by atoms with Crippen molar-refractivity contribution in [1.29, 1.82) is 0 Å². The fourth-order valence-electron chi connectivity index (χ4n) is 3.01. The molecule has 1 saturated carbocycles. The zero-order valence-corrected chi connectivity index (χ0v) is 12.9. The molecule has 0 aromatic carbocycles. The van der Waals surface area contributed by atoms with E-state index in [2.05, 4.69) is 38.3 Å². The first kappa shape index (κ1) is 15.4. The van der Waals surface area contributed by atoms with E-state index in [0.717, 1.165) is 5.75 Å². The summed E-state index contributed by atoms with van der Waals surface area (Å²) in [5, 5.41) is 0. The fourth-order valence-corrected chi connectivity index (χ4v) is 3.42. The summed E-state index contributed by atoms with van der Waals surface area (Å²) < 4.78 is 0. The normalized spacial score (nSPS) is 19.4. The quantitative estimate of drug-likeness (QED) is 0.499. The number of hydrogen-bond acceptors (Lipinski definition) is 2. The topological polar surface area (TPSA) is 3.24 Å². The molecule has 0 N–H and O–H groups in total. The number of unbranched alkanes of at least 4 members (excludes halogenated alkanes) is 2. The van der Waals surface area contributed by atoms with Gasteiger partial charge in [-0.05, 0) is 50.8 Å². The van der Waals surface area contributed by atoms with Crippen LogP contribution in [0.25, 0.3) is 0 Å². The van der Waals surface area contributed by atoms with E-state index in [0.29, 0.717) is 11.5 Å². The lowest BCUT2D eigenvalue weighted by Crippen LogP contribution is -2.41. The van der Waals surface area contributed by atoms with Gasteiger partial charge in [-0.2, -0.15) is 12.6 Å². The van der Waals surface area contributed by atoms with E-state index in [1.807, 2.05) is 0 Å². The average Bonchev–Trinajstić information content (AvgIpc) is 2.77. The summed E-state index contributed by atoms with van der Waals surface area (Å²) in [6, 6.07) is 0.684. The van der Waals surface area contributed by atoms with Crippen molar-refractivity contribution in [3.05, 3.63) is 0 Å². The van der Waals surface area contributed by atoms with Crippen molar-refractivity contribution < 1.29 is 0 Å². The molecule has 17 heavy (non-hydrogen) atoms. The third-order valence-electron chi connectivity index (χ3n) is 4.32. The Kier molecular flexibility index (Phi) is 6.94. The Morgan fingerprint density at radius 2 is 1.82 bits per heavy atom. The van der Waals surface area contributed by atoms with Crippen molar-refractivity contribution in [3.63, 3.8) is 0 Å². The standard InChI is InChI=1S/C15H31NS/c1-4-5-8-11-16(14(2)3)12-15(13-17)9-6-7-10-15/h14,17H,4-13H2,1-3H3. The molecule has 1 rings (SSSR count). The maximum Gasteiger partial charge on any atom is 0.00485 e. The maximum absolute atomic E-state index is 4.63. The van der Waals surface area contributed by atoms with Gasteiger partial charge in [0.25, 0.3) is 0 Å². The Morgan fingerprint density at radius 1 is 1.18 bits per heavy atom. The summed E-state index contributed by atoms with van der Waals surface area (Å²) in [6.45, 7) is 9.52. The Labute approximate surface area is 114 Å².